The predicted octanol–water partition coefficient (Wildman–Crippen LogP) is 4.92. The number of fused-ring (bicyclic) bond motifs is 1. The zero-order chi connectivity index (χ0) is 19.8. The highest BCUT2D eigenvalue weighted by Crippen LogP contribution is 2.31. The lowest BCUT2D eigenvalue weighted by Gasteiger charge is -2.08. The van der Waals surface area contributed by atoms with E-state index in [4.69, 9.17) is 0 Å². The number of rotatable bonds is 4. The van der Waals surface area contributed by atoms with Gasteiger partial charge in [0.2, 0.25) is 5.91 Å². The Morgan fingerprint density at radius 1 is 1.07 bits per heavy atom. The first-order valence-electron chi connectivity index (χ1n) is 9.51. The van der Waals surface area contributed by atoms with E-state index in [-0.39, 0.29) is 17.6 Å². The van der Waals surface area contributed by atoms with Crippen LogP contribution in [0.3, 0.4) is 0 Å². The Labute approximate surface area is 163 Å². The van der Waals surface area contributed by atoms with Crippen LogP contribution in [0, 0.1) is 12.8 Å². The zero-order valence-corrected chi connectivity index (χ0v) is 16.3. The third kappa shape index (κ3) is 3.60. The van der Waals surface area contributed by atoms with Gasteiger partial charge in [-0.25, -0.2) is 4.99 Å². The molecule has 1 aromatic heterocycles. The quantitative estimate of drug-likeness (QED) is 0.387. The van der Waals surface area contributed by atoms with Gasteiger partial charge in [0.1, 0.15) is 5.84 Å². The van der Waals surface area contributed by atoms with Gasteiger partial charge in [0.05, 0.1) is 5.69 Å². The number of aromatic nitrogens is 1. The number of amidine groups is 1. The molecule has 0 atom stereocenters. The minimum absolute atomic E-state index is 0.0491. The Bertz CT molecular complexity index is 1120. The second-order valence-electron chi connectivity index (χ2n) is 7.48. The van der Waals surface area contributed by atoms with E-state index in [1.54, 1.807) is 13.1 Å². The minimum atomic E-state index is 0.0491. The summed E-state index contributed by atoms with van der Waals surface area (Å²) >= 11 is 0. The third-order valence-corrected chi connectivity index (χ3v) is 5.13. The van der Waals surface area contributed by atoms with Crippen LogP contribution in [0.2, 0.25) is 0 Å². The second kappa shape index (κ2) is 7.08. The number of ketones is 1. The van der Waals surface area contributed by atoms with Gasteiger partial charge >= 0.3 is 0 Å². The number of aromatic amines is 1. The first kappa shape index (κ1) is 18.2. The van der Waals surface area contributed by atoms with Crippen LogP contribution >= 0.6 is 0 Å². The van der Waals surface area contributed by atoms with Crippen molar-refractivity contribution in [2.45, 2.75) is 33.6 Å². The van der Waals surface area contributed by atoms with Crippen molar-refractivity contribution in [3.8, 4) is 11.1 Å². The van der Waals surface area contributed by atoms with Crippen LogP contribution in [0.5, 0.6) is 0 Å². The van der Waals surface area contributed by atoms with Gasteiger partial charge in [-0.1, -0.05) is 12.1 Å². The summed E-state index contributed by atoms with van der Waals surface area (Å²) in [4.78, 5) is 31.4. The molecule has 1 aliphatic rings. The first-order chi connectivity index (χ1) is 13.4. The highest BCUT2D eigenvalue weighted by molar-refractivity contribution is 6.07. The SMILES string of the molecule is CC(=O)c1c[nH]c2ccc(-c3ccc(N=C(C)NC(=O)C4CC4)c(C)c3)cc12. The van der Waals surface area contributed by atoms with Crippen LogP contribution in [0.25, 0.3) is 22.0 Å². The molecule has 5 nitrogen and oxygen atoms in total. The van der Waals surface area contributed by atoms with Crippen molar-refractivity contribution >= 4 is 34.1 Å². The molecule has 0 aliphatic heterocycles. The largest absolute Gasteiger partial charge is 0.360 e. The highest BCUT2D eigenvalue weighted by atomic mass is 16.2. The van der Waals surface area contributed by atoms with E-state index in [1.807, 2.05) is 44.2 Å². The van der Waals surface area contributed by atoms with E-state index in [1.165, 1.54) is 0 Å². The van der Waals surface area contributed by atoms with E-state index in [0.717, 1.165) is 46.1 Å². The van der Waals surface area contributed by atoms with Gasteiger partial charge in [-0.2, -0.15) is 0 Å². The van der Waals surface area contributed by atoms with Crippen LogP contribution in [-0.4, -0.2) is 22.5 Å². The van der Waals surface area contributed by atoms with E-state index >= 15 is 0 Å². The Morgan fingerprint density at radius 3 is 2.46 bits per heavy atom. The number of amides is 1. The molecule has 1 saturated carbocycles. The predicted molar refractivity (Wildman–Crippen MR) is 112 cm³/mol. The van der Waals surface area contributed by atoms with Crippen LogP contribution in [-0.2, 0) is 4.79 Å². The van der Waals surface area contributed by atoms with Crippen molar-refractivity contribution in [2.24, 2.45) is 10.9 Å². The van der Waals surface area contributed by atoms with Crippen molar-refractivity contribution in [2.75, 3.05) is 0 Å². The number of carbonyl (C=O) groups excluding carboxylic acids is 2. The van der Waals surface area contributed by atoms with E-state index < -0.39 is 0 Å². The van der Waals surface area contributed by atoms with Gasteiger partial charge in [0.25, 0.3) is 0 Å². The smallest absolute Gasteiger partial charge is 0.228 e. The molecule has 2 aromatic carbocycles. The number of hydrogen-bond donors (Lipinski definition) is 2. The summed E-state index contributed by atoms with van der Waals surface area (Å²) in [6.07, 6.45) is 3.71. The molecule has 3 aromatic rings. The van der Waals surface area contributed by atoms with Gasteiger partial charge in [0, 0.05) is 28.6 Å². The second-order valence-corrected chi connectivity index (χ2v) is 7.48. The van der Waals surface area contributed by atoms with Gasteiger partial charge in [-0.3, -0.25) is 9.59 Å². The van der Waals surface area contributed by atoms with Crippen LogP contribution in [0.4, 0.5) is 5.69 Å². The average molecular weight is 373 g/mol. The van der Waals surface area contributed by atoms with E-state index in [0.29, 0.717) is 11.4 Å². The Balaban J connectivity index is 1.62. The lowest BCUT2D eigenvalue weighted by atomic mass is 9.99. The maximum Gasteiger partial charge on any atom is 0.228 e. The summed E-state index contributed by atoms with van der Waals surface area (Å²) < 4.78 is 0. The Hall–Kier alpha value is -3.21. The minimum Gasteiger partial charge on any atom is -0.360 e. The van der Waals surface area contributed by atoms with E-state index in [9.17, 15) is 9.59 Å². The molecular weight excluding hydrogens is 350 g/mol. The molecule has 4 rings (SSSR count). The number of Topliss-reactive ketones (excluding diaryl/α,β-unsaturated/α-hetero) is 1. The highest BCUT2D eigenvalue weighted by Gasteiger charge is 2.29. The normalized spacial score (nSPS) is 14.3. The van der Waals surface area contributed by atoms with Gasteiger partial charge in [-0.05, 0) is 74.6 Å². The number of aryl methyl sites for hydroxylation is 1. The van der Waals surface area contributed by atoms with Crippen LogP contribution < -0.4 is 5.32 Å². The molecule has 28 heavy (non-hydrogen) atoms. The summed E-state index contributed by atoms with van der Waals surface area (Å²) in [5.41, 5.74) is 5.63. The number of aliphatic imine (C=N–C) groups is 1. The summed E-state index contributed by atoms with van der Waals surface area (Å²) in [5.74, 6) is 0.897. The lowest BCUT2D eigenvalue weighted by molar-refractivity contribution is -0.120. The van der Waals surface area contributed by atoms with Crippen LogP contribution in [0.15, 0.2) is 47.6 Å². The monoisotopic (exact) mass is 373 g/mol. The molecule has 5 heteroatoms. The number of nitrogens with zero attached hydrogens (tertiary/aromatic N) is 1. The fourth-order valence-corrected chi connectivity index (χ4v) is 3.39. The van der Waals surface area contributed by atoms with Crippen molar-refractivity contribution < 1.29 is 9.59 Å². The molecule has 1 amide bonds. The molecule has 1 aliphatic carbocycles. The Kier molecular flexibility index (Phi) is 4.59. The molecule has 0 radical (unpaired) electrons. The molecule has 142 valence electrons. The Morgan fingerprint density at radius 2 is 1.79 bits per heavy atom. The van der Waals surface area contributed by atoms with Crippen LogP contribution in [0.1, 0.15) is 42.6 Å². The summed E-state index contributed by atoms with van der Waals surface area (Å²) in [6.45, 7) is 5.40. The van der Waals surface area contributed by atoms with Gasteiger partial charge in [0.15, 0.2) is 5.78 Å². The number of carbonyl (C=O) groups is 2. The van der Waals surface area contributed by atoms with Crippen molar-refractivity contribution in [1.82, 2.24) is 10.3 Å². The molecule has 0 saturated heterocycles. The number of hydrogen-bond acceptors (Lipinski definition) is 3. The molecule has 0 bridgehead atoms. The summed E-state index contributed by atoms with van der Waals surface area (Å²) in [5, 5.41) is 3.81. The zero-order valence-electron chi connectivity index (χ0n) is 16.3. The van der Waals surface area contributed by atoms with Gasteiger partial charge < -0.3 is 10.3 Å². The number of nitrogens with one attached hydrogen (secondary N) is 2. The number of H-pyrrole nitrogens is 1. The molecular formula is C23H23N3O2. The maximum atomic E-state index is 11.9. The van der Waals surface area contributed by atoms with Gasteiger partial charge in [-0.15, -0.1) is 0 Å². The topological polar surface area (TPSA) is 74.3 Å². The van der Waals surface area contributed by atoms with Crippen molar-refractivity contribution in [1.29, 1.82) is 0 Å². The fourth-order valence-electron chi connectivity index (χ4n) is 3.39. The molecule has 0 spiro atoms. The number of benzene rings is 2. The molecule has 0 unspecified atom stereocenters. The average Bonchev–Trinajstić information content (AvgIpc) is 3.42. The molecule has 1 fully saturated rings. The van der Waals surface area contributed by atoms with Crippen molar-refractivity contribution in [3.63, 3.8) is 0 Å². The first-order valence-corrected chi connectivity index (χ1v) is 9.51. The molecule has 1 heterocycles. The van der Waals surface area contributed by atoms with Crippen molar-refractivity contribution in [3.05, 3.63) is 53.7 Å². The third-order valence-electron chi connectivity index (χ3n) is 5.13. The maximum absolute atomic E-state index is 11.9. The summed E-state index contributed by atoms with van der Waals surface area (Å²) in [7, 11) is 0. The van der Waals surface area contributed by atoms with E-state index in [2.05, 4.69) is 21.4 Å². The standard InChI is InChI=1S/C23H23N3O2/c1-13-10-17(6-8-21(13)25-15(3)26-23(28)16-4-5-16)18-7-9-22-19(11-18)20(12-24-22)14(2)27/h6-12,16,24H,4-5H2,1-3H3,(H,25,26,28). The lowest BCUT2D eigenvalue weighted by Crippen LogP contribution is -2.29. The fraction of sp³-hybridized carbons (Fsp3) is 0.261. The summed E-state index contributed by atoms with van der Waals surface area (Å²) in [6, 6.07) is 12.1. The molecule has 2 N–H and O–H groups in total.